The molecule has 22 heavy (non-hydrogen) atoms. The summed E-state index contributed by atoms with van der Waals surface area (Å²) in [6, 6.07) is 4.03. The average Bonchev–Trinajstić information content (AvgIpc) is 3.19. The molecule has 1 N–H and O–H groups in total. The molecule has 5 heteroatoms. The molecule has 1 amide bonds. The Morgan fingerprint density at radius 3 is 2.32 bits per heavy atom. The zero-order valence-electron chi connectivity index (χ0n) is 12.9. The lowest BCUT2D eigenvalue weighted by molar-refractivity contribution is -0.146. The molecule has 3 rings (SSSR count). The summed E-state index contributed by atoms with van der Waals surface area (Å²) in [5.74, 6) is -0.0434. The molecule has 1 unspecified atom stereocenters. The number of carboxylic acids is 1. The first-order valence-electron chi connectivity index (χ1n) is 8.16. The van der Waals surface area contributed by atoms with E-state index in [1.807, 2.05) is 24.0 Å². The molecule has 1 aromatic rings. The van der Waals surface area contributed by atoms with Gasteiger partial charge in [-0.2, -0.15) is 0 Å². The van der Waals surface area contributed by atoms with Crippen molar-refractivity contribution >= 4 is 11.9 Å². The first-order valence-corrected chi connectivity index (χ1v) is 8.16. The van der Waals surface area contributed by atoms with Gasteiger partial charge < -0.3 is 14.4 Å². The van der Waals surface area contributed by atoms with E-state index in [0.29, 0.717) is 31.7 Å². The first-order chi connectivity index (χ1) is 10.6. The predicted molar refractivity (Wildman–Crippen MR) is 80.1 cm³/mol. The molecule has 2 aliphatic carbocycles. The quantitative estimate of drug-likeness (QED) is 0.906. The van der Waals surface area contributed by atoms with Crippen molar-refractivity contribution in [3.05, 3.63) is 24.2 Å². The predicted octanol–water partition coefficient (Wildman–Crippen LogP) is 3.22. The van der Waals surface area contributed by atoms with Gasteiger partial charge in [-0.25, -0.2) is 0 Å². The van der Waals surface area contributed by atoms with Gasteiger partial charge in [-0.1, -0.05) is 0 Å². The maximum absolute atomic E-state index is 12.9. The highest BCUT2D eigenvalue weighted by atomic mass is 16.4. The molecule has 0 bridgehead atoms. The number of furan rings is 1. The molecule has 0 aliphatic heterocycles. The van der Waals surface area contributed by atoms with Gasteiger partial charge in [0.25, 0.3) is 0 Å². The Kier molecular flexibility index (Phi) is 4.23. The number of carbonyl (C=O) groups is 2. The molecule has 1 heterocycles. The highest BCUT2D eigenvalue weighted by Gasteiger charge is 2.41. The maximum Gasteiger partial charge on any atom is 0.306 e. The standard InChI is InChI=1S/C17H23NO4/c1-11(15-3-2-10-22-15)18(14-8-9-14)16(19)12-4-6-13(7-5-12)17(20)21/h2-3,10-14H,4-9H2,1H3,(H,20,21). The number of aliphatic carboxylic acids is 1. The lowest BCUT2D eigenvalue weighted by atomic mass is 9.81. The molecule has 1 atom stereocenters. The molecule has 0 aromatic carbocycles. The van der Waals surface area contributed by atoms with Crippen molar-refractivity contribution in [1.29, 1.82) is 0 Å². The molecular formula is C17H23NO4. The third kappa shape index (κ3) is 3.03. The lowest BCUT2D eigenvalue weighted by Gasteiger charge is -2.34. The summed E-state index contributed by atoms with van der Waals surface area (Å²) < 4.78 is 5.47. The minimum atomic E-state index is -0.728. The Balaban J connectivity index is 1.67. The van der Waals surface area contributed by atoms with Crippen LogP contribution in [-0.2, 0) is 9.59 Å². The fraction of sp³-hybridized carbons (Fsp3) is 0.647. The van der Waals surface area contributed by atoms with E-state index in [4.69, 9.17) is 9.52 Å². The highest BCUT2D eigenvalue weighted by Crippen LogP contribution is 2.38. The molecule has 0 radical (unpaired) electrons. The Morgan fingerprint density at radius 1 is 1.18 bits per heavy atom. The van der Waals surface area contributed by atoms with Gasteiger partial charge in [-0.15, -0.1) is 0 Å². The van der Waals surface area contributed by atoms with E-state index in [1.54, 1.807) is 6.26 Å². The van der Waals surface area contributed by atoms with Crippen LogP contribution in [0.3, 0.4) is 0 Å². The van der Waals surface area contributed by atoms with Gasteiger partial charge in [0.05, 0.1) is 18.2 Å². The maximum atomic E-state index is 12.9. The van der Waals surface area contributed by atoms with Crippen molar-refractivity contribution < 1.29 is 19.1 Å². The fourth-order valence-corrected chi connectivity index (χ4v) is 3.50. The smallest absolute Gasteiger partial charge is 0.306 e. The summed E-state index contributed by atoms with van der Waals surface area (Å²) >= 11 is 0. The van der Waals surface area contributed by atoms with Gasteiger partial charge >= 0.3 is 5.97 Å². The number of carbonyl (C=O) groups excluding carboxylic acids is 1. The van der Waals surface area contributed by atoms with Crippen molar-refractivity contribution in [2.75, 3.05) is 0 Å². The van der Waals surface area contributed by atoms with Gasteiger partial charge in [-0.3, -0.25) is 9.59 Å². The van der Waals surface area contributed by atoms with Crippen LogP contribution in [0.1, 0.15) is 57.3 Å². The van der Waals surface area contributed by atoms with Crippen LogP contribution in [0.5, 0.6) is 0 Å². The highest BCUT2D eigenvalue weighted by molar-refractivity contribution is 5.80. The molecule has 0 spiro atoms. The van der Waals surface area contributed by atoms with Gasteiger partial charge in [0.2, 0.25) is 5.91 Å². The van der Waals surface area contributed by atoms with Gasteiger partial charge in [0.1, 0.15) is 5.76 Å². The summed E-state index contributed by atoms with van der Waals surface area (Å²) in [5, 5.41) is 9.08. The first kappa shape index (κ1) is 15.1. The third-order valence-electron chi connectivity index (χ3n) is 4.99. The van der Waals surface area contributed by atoms with Gasteiger partial charge in [0.15, 0.2) is 0 Å². The van der Waals surface area contributed by atoms with Crippen LogP contribution in [0.15, 0.2) is 22.8 Å². The topological polar surface area (TPSA) is 70.8 Å². The molecule has 2 saturated carbocycles. The number of nitrogens with zero attached hydrogens (tertiary/aromatic N) is 1. The van der Waals surface area contributed by atoms with Crippen molar-refractivity contribution in [2.24, 2.45) is 11.8 Å². The van der Waals surface area contributed by atoms with E-state index < -0.39 is 5.97 Å². The van der Waals surface area contributed by atoms with E-state index in [2.05, 4.69) is 0 Å². The van der Waals surface area contributed by atoms with E-state index >= 15 is 0 Å². The van der Waals surface area contributed by atoms with Crippen molar-refractivity contribution in [1.82, 2.24) is 4.90 Å². The Bertz CT molecular complexity index is 527. The second-order valence-corrected chi connectivity index (χ2v) is 6.55. The zero-order valence-corrected chi connectivity index (χ0v) is 12.9. The van der Waals surface area contributed by atoms with Crippen LogP contribution < -0.4 is 0 Å². The lowest BCUT2D eigenvalue weighted by Crippen LogP contribution is -2.41. The second-order valence-electron chi connectivity index (χ2n) is 6.55. The van der Waals surface area contributed by atoms with Crippen molar-refractivity contribution in [3.8, 4) is 0 Å². The molecular weight excluding hydrogens is 282 g/mol. The van der Waals surface area contributed by atoms with Crippen LogP contribution in [0.25, 0.3) is 0 Å². The number of hydrogen-bond donors (Lipinski definition) is 1. The van der Waals surface area contributed by atoms with E-state index in [-0.39, 0.29) is 23.8 Å². The van der Waals surface area contributed by atoms with Crippen LogP contribution in [0, 0.1) is 11.8 Å². The monoisotopic (exact) mass is 305 g/mol. The summed E-state index contributed by atoms with van der Waals surface area (Å²) in [5.41, 5.74) is 0. The van der Waals surface area contributed by atoms with Gasteiger partial charge in [0, 0.05) is 12.0 Å². The fourth-order valence-electron chi connectivity index (χ4n) is 3.50. The third-order valence-corrected chi connectivity index (χ3v) is 4.99. The molecule has 120 valence electrons. The van der Waals surface area contributed by atoms with Gasteiger partial charge in [-0.05, 0) is 57.6 Å². The molecule has 2 fully saturated rings. The summed E-state index contributed by atoms with van der Waals surface area (Å²) in [6.07, 6.45) is 6.34. The number of rotatable bonds is 5. The molecule has 0 saturated heterocycles. The number of hydrogen-bond acceptors (Lipinski definition) is 3. The van der Waals surface area contributed by atoms with Crippen molar-refractivity contribution in [2.45, 2.75) is 57.5 Å². The van der Waals surface area contributed by atoms with Crippen LogP contribution in [0.2, 0.25) is 0 Å². The molecule has 2 aliphatic rings. The summed E-state index contributed by atoms with van der Waals surface area (Å²) in [4.78, 5) is 25.9. The van der Waals surface area contributed by atoms with Crippen molar-refractivity contribution in [3.63, 3.8) is 0 Å². The number of carboxylic acid groups (broad SMARTS) is 1. The van der Waals surface area contributed by atoms with Crippen LogP contribution in [-0.4, -0.2) is 27.9 Å². The second kappa shape index (κ2) is 6.15. The summed E-state index contributed by atoms with van der Waals surface area (Å²) in [6.45, 7) is 2.01. The Morgan fingerprint density at radius 2 is 1.82 bits per heavy atom. The zero-order chi connectivity index (χ0) is 15.7. The minimum absolute atomic E-state index is 0.0337. The van der Waals surface area contributed by atoms with E-state index in [9.17, 15) is 9.59 Å². The molecule has 1 aromatic heterocycles. The number of amides is 1. The SMILES string of the molecule is CC(c1ccco1)N(C(=O)C1CCC(C(=O)O)CC1)C1CC1. The largest absolute Gasteiger partial charge is 0.481 e. The van der Waals surface area contributed by atoms with E-state index in [0.717, 1.165) is 18.6 Å². The van der Waals surface area contributed by atoms with Crippen LogP contribution in [0.4, 0.5) is 0 Å². The molecule has 5 nitrogen and oxygen atoms in total. The minimum Gasteiger partial charge on any atom is -0.481 e. The Hall–Kier alpha value is -1.78. The average molecular weight is 305 g/mol. The Labute approximate surface area is 130 Å². The van der Waals surface area contributed by atoms with Crippen LogP contribution >= 0.6 is 0 Å². The summed E-state index contributed by atoms with van der Waals surface area (Å²) in [7, 11) is 0. The normalized spacial score (nSPS) is 26.4. The van der Waals surface area contributed by atoms with E-state index in [1.165, 1.54) is 0 Å².